The summed E-state index contributed by atoms with van der Waals surface area (Å²) in [6.45, 7) is 3.51. The molecule has 0 aliphatic heterocycles. The monoisotopic (exact) mass is 564 g/mol. The molecule has 0 bridgehead atoms. The van der Waals surface area contributed by atoms with Gasteiger partial charge in [0.25, 0.3) is 0 Å². The van der Waals surface area contributed by atoms with E-state index >= 15 is 4.39 Å². The predicted octanol–water partition coefficient (Wildman–Crippen LogP) is 9.03. The molecule has 0 fully saturated rings. The maximum absolute atomic E-state index is 15.0. The molecule has 1 aliphatic rings. The zero-order valence-corrected chi connectivity index (χ0v) is 22.3. The normalized spacial score (nSPS) is 15.1. The van der Waals surface area contributed by atoms with Crippen molar-refractivity contribution in [1.82, 2.24) is 0 Å². The highest BCUT2D eigenvalue weighted by Gasteiger charge is 2.26. The summed E-state index contributed by atoms with van der Waals surface area (Å²) in [4.78, 5) is 0. The van der Waals surface area contributed by atoms with Crippen molar-refractivity contribution in [3.05, 3.63) is 94.1 Å². The van der Waals surface area contributed by atoms with Crippen LogP contribution in [-0.2, 0) is 6.61 Å². The van der Waals surface area contributed by atoms with Crippen LogP contribution in [0.25, 0.3) is 5.57 Å². The Hall–Kier alpha value is -3.62. The van der Waals surface area contributed by atoms with E-state index in [2.05, 4.69) is 0 Å². The molecule has 3 aromatic carbocycles. The number of rotatable bonds is 11. The second kappa shape index (κ2) is 13.2. The van der Waals surface area contributed by atoms with Crippen molar-refractivity contribution in [3.63, 3.8) is 0 Å². The van der Waals surface area contributed by atoms with Crippen LogP contribution in [0, 0.1) is 34.9 Å². The number of benzene rings is 3. The topological polar surface area (TPSA) is 27.7 Å². The summed E-state index contributed by atoms with van der Waals surface area (Å²) in [6, 6.07) is 7.98. The van der Waals surface area contributed by atoms with Crippen LogP contribution in [0.15, 0.2) is 42.5 Å². The van der Waals surface area contributed by atoms with Gasteiger partial charge in [-0.2, -0.15) is 13.2 Å². The van der Waals surface area contributed by atoms with Gasteiger partial charge in [-0.25, -0.2) is 13.2 Å². The third-order valence-electron chi connectivity index (χ3n) is 6.89. The summed E-state index contributed by atoms with van der Waals surface area (Å²) in [5.74, 6) is -7.96. The van der Waals surface area contributed by atoms with Crippen LogP contribution in [0.5, 0.6) is 17.2 Å². The molecule has 1 unspecified atom stereocenters. The molecule has 0 N–H and O–H groups in total. The van der Waals surface area contributed by atoms with Crippen molar-refractivity contribution in [3.8, 4) is 17.2 Å². The average Bonchev–Trinajstić information content (AvgIpc) is 2.96. The molecule has 0 spiro atoms. The van der Waals surface area contributed by atoms with Crippen molar-refractivity contribution in [2.45, 2.75) is 58.5 Å². The largest absolute Gasteiger partial charge is 0.491 e. The molecular formula is C31H30F6O3. The van der Waals surface area contributed by atoms with Crippen molar-refractivity contribution in [1.29, 1.82) is 0 Å². The van der Waals surface area contributed by atoms with Crippen LogP contribution < -0.4 is 14.2 Å². The van der Waals surface area contributed by atoms with E-state index in [1.165, 1.54) is 36.4 Å². The van der Waals surface area contributed by atoms with Gasteiger partial charge in [0.15, 0.2) is 34.7 Å². The number of unbranched alkanes of at least 4 members (excludes halogenated alkanes) is 1. The molecule has 0 amide bonds. The molecular weight excluding hydrogens is 534 g/mol. The molecule has 0 heterocycles. The maximum atomic E-state index is 15.0. The van der Waals surface area contributed by atoms with Gasteiger partial charge in [-0.3, -0.25) is 0 Å². The van der Waals surface area contributed by atoms with Crippen LogP contribution >= 0.6 is 0 Å². The molecule has 1 atom stereocenters. The Labute approximate surface area is 229 Å². The summed E-state index contributed by atoms with van der Waals surface area (Å²) >= 11 is 0. The van der Waals surface area contributed by atoms with Crippen LogP contribution in [-0.4, -0.2) is 13.2 Å². The number of hydrogen-bond acceptors (Lipinski definition) is 3. The van der Waals surface area contributed by atoms with Gasteiger partial charge in [-0.15, -0.1) is 0 Å². The van der Waals surface area contributed by atoms with Gasteiger partial charge in [-0.1, -0.05) is 37.6 Å². The Morgan fingerprint density at radius 2 is 1.35 bits per heavy atom. The van der Waals surface area contributed by atoms with E-state index in [1.807, 2.05) is 6.92 Å². The summed E-state index contributed by atoms with van der Waals surface area (Å²) in [5.41, 5.74) is 0.618. The minimum atomic E-state index is -1.28. The van der Waals surface area contributed by atoms with Crippen LogP contribution in [0.1, 0.15) is 68.6 Å². The van der Waals surface area contributed by atoms with Crippen molar-refractivity contribution in [2.75, 3.05) is 13.2 Å². The highest BCUT2D eigenvalue weighted by atomic mass is 19.2. The van der Waals surface area contributed by atoms with Gasteiger partial charge in [0, 0.05) is 11.1 Å². The lowest BCUT2D eigenvalue weighted by molar-refractivity contribution is 0.263. The summed E-state index contributed by atoms with van der Waals surface area (Å²) < 4.78 is 103. The van der Waals surface area contributed by atoms with Gasteiger partial charge in [0.05, 0.1) is 13.2 Å². The quantitative estimate of drug-likeness (QED) is 0.172. The van der Waals surface area contributed by atoms with E-state index in [9.17, 15) is 22.0 Å². The highest BCUT2D eigenvalue weighted by Crippen LogP contribution is 2.40. The summed E-state index contributed by atoms with van der Waals surface area (Å²) in [5, 5.41) is 0. The van der Waals surface area contributed by atoms with Crippen molar-refractivity contribution in [2.24, 2.45) is 0 Å². The number of halogens is 6. The van der Waals surface area contributed by atoms with E-state index in [-0.39, 0.29) is 47.3 Å². The summed E-state index contributed by atoms with van der Waals surface area (Å²) in [7, 11) is 0. The molecule has 4 rings (SSSR count). The first-order valence-corrected chi connectivity index (χ1v) is 13.3. The summed E-state index contributed by atoms with van der Waals surface area (Å²) in [6.07, 6.45) is 4.24. The first-order valence-electron chi connectivity index (χ1n) is 13.3. The smallest absolute Gasteiger partial charge is 0.204 e. The molecule has 1 aliphatic carbocycles. The Morgan fingerprint density at radius 1 is 0.700 bits per heavy atom. The van der Waals surface area contributed by atoms with Gasteiger partial charge in [-0.05, 0) is 67.9 Å². The van der Waals surface area contributed by atoms with E-state index in [0.29, 0.717) is 31.3 Å². The molecule has 40 heavy (non-hydrogen) atoms. The molecule has 0 saturated heterocycles. The Balaban J connectivity index is 1.44. The lowest BCUT2D eigenvalue weighted by Gasteiger charge is -2.24. The Morgan fingerprint density at radius 3 is 2.00 bits per heavy atom. The molecule has 0 radical (unpaired) electrons. The minimum Gasteiger partial charge on any atom is -0.491 e. The third-order valence-corrected chi connectivity index (χ3v) is 6.89. The second-order valence-electron chi connectivity index (χ2n) is 9.50. The lowest BCUT2D eigenvalue weighted by atomic mass is 9.82. The van der Waals surface area contributed by atoms with Crippen LogP contribution in [0.2, 0.25) is 0 Å². The molecule has 3 aromatic rings. The standard InChI is InChI=1S/C31H30F6O3/c1-3-5-16-39-24-14-15-25(31(37)30(24)36)40-17-20-10-11-21(27(33)26(20)32)18-6-8-19(9-7-18)22-12-13-23(38-4-2)29(35)28(22)34/h6,10-15,19H,3-5,7-9,16-17H2,1-2H3. The van der Waals surface area contributed by atoms with Gasteiger partial charge < -0.3 is 14.2 Å². The third kappa shape index (κ3) is 6.24. The number of allylic oxidation sites excluding steroid dienone is 2. The van der Waals surface area contributed by atoms with E-state index < -0.39 is 47.3 Å². The van der Waals surface area contributed by atoms with Crippen molar-refractivity contribution >= 4 is 5.57 Å². The number of hydrogen-bond donors (Lipinski definition) is 0. The fraction of sp³-hybridized carbons (Fsp3) is 0.355. The first kappa shape index (κ1) is 29.4. The highest BCUT2D eigenvalue weighted by molar-refractivity contribution is 5.67. The van der Waals surface area contributed by atoms with Crippen molar-refractivity contribution < 1.29 is 40.6 Å². The SMILES string of the molecule is CCCCOc1ccc(OCc2ccc(C3=CCC(c4ccc(OCC)c(F)c4F)CC3)c(F)c2F)c(F)c1F. The molecule has 9 heteroatoms. The maximum Gasteiger partial charge on any atom is 0.204 e. The number of ether oxygens (including phenoxy) is 3. The lowest BCUT2D eigenvalue weighted by Crippen LogP contribution is -2.10. The molecule has 0 aromatic heterocycles. The minimum absolute atomic E-state index is 0.0452. The molecule has 0 saturated carbocycles. The van der Waals surface area contributed by atoms with Gasteiger partial charge >= 0.3 is 0 Å². The van der Waals surface area contributed by atoms with E-state index in [1.54, 1.807) is 13.0 Å². The van der Waals surface area contributed by atoms with Gasteiger partial charge in [0.2, 0.25) is 17.5 Å². The van der Waals surface area contributed by atoms with E-state index in [0.717, 1.165) is 6.42 Å². The fourth-order valence-electron chi connectivity index (χ4n) is 4.66. The van der Waals surface area contributed by atoms with E-state index in [4.69, 9.17) is 14.2 Å². The second-order valence-corrected chi connectivity index (χ2v) is 9.50. The Kier molecular flexibility index (Phi) is 9.66. The Bertz CT molecular complexity index is 1390. The predicted molar refractivity (Wildman–Crippen MR) is 140 cm³/mol. The fourth-order valence-corrected chi connectivity index (χ4v) is 4.66. The van der Waals surface area contributed by atoms with Crippen LogP contribution in [0.3, 0.4) is 0 Å². The molecule has 3 nitrogen and oxygen atoms in total. The average molecular weight is 565 g/mol. The first-order chi connectivity index (χ1) is 19.3. The zero-order valence-electron chi connectivity index (χ0n) is 22.3. The molecule has 214 valence electrons. The van der Waals surface area contributed by atoms with Gasteiger partial charge in [0.1, 0.15) is 6.61 Å². The van der Waals surface area contributed by atoms with Crippen LogP contribution in [0.4, 0.5) is 26.3 Å². The zero-order chi connectivity index (χ0) is 28.8.